The van der Waals surface area contributed by atoms with Gasteiger partial charge < -0.3 is 15.0 Å². The Morgan fingerprint density at radius 1 is 1.12 bits per heavy atom. The summed E-state index contributed by atoms with van der Waals surface area (Å²) in [7, 11) is 0. The van der Waals surface area contributed by atoms with Crippen molar-refractivity contribution in [2.75, 3.05) is 45.9 Å². The normalized spacial score (nSPS) is 11.6. The monoisotopic (exact) mass is 230 g/mol. The van der Waals surface area contributed by atoms with Gasteiger partial charge in [-0.1, -0.05) is 27.7 Å². The molecule has 0 aliphatic carbocycles. The maximum absolute atomic E-state index is 5.49. The first kappa shape index (κ1) is 15.9. The summed E-state index contributed by atoms with van der Waals surface area (Å²) in [6.45, 7) is 16.1. The Balaban J connectivity index is 3.09. The van der Waals surface area contributed by atoms with Gasteiger partial charge in [0.15, 0.2) is 0 Å². The average molecular weight is 230 g/mol. The second kappa shape index (κ2) is 11.4. The first-order chi connectivity index (χ1) is 7.70. The molecular weight excluding hydrogens is 200 g/mol. The molecule has 0 bridgehead atoms. The van der Waals surface area contributed by atoms with Crippen molar-refractivity contribution in [3.63, 3.8) is 0 Å². The summed E-state index contributed by atoms with van der Waals surface area (Å²) in [5, 5.41) is 3.41. The molecule has 0 heterocycles. The highest BCUT2D eigenvalue weighted by Crippen LogP contribution is 1.91. The lowest BCUT2D eigenvalue weighted by atomic mass is 10.2. The van der Waals surface area contributed by atoms with E-state index in [9.17, 15) is 0 Å². The molecule has 3 nitrogen and oxygen atoms in total. The average Bonchev–Trinajstić information content (AvgIpc) is 2.27. The van der Waals surface area contributed by atoms with Gasteiger partial charge in [0.05, 0.1) is 6.61 Å². The van der Waals surface area contributed by atoms with E-state index in [0.29, 0.717) is 5.92 Å². The number of ether oxygens (including phenoxy) is 1. The minimum Gasteiger partial charge on any atom is -0.380 e. The van der Waals surface area contributed by atoms with Crippen LogP contribution in [0.25, 0.3) is 0 Å². The summed E-state index contributed by atoms with van der Waals surface area (Å²) < 4.78 is 5.49. The van der Waals surface area contributed by atoms with Crippen LogP contribution in [-0.4, -0.2) is 50.8 Å². The maximum Gasteiger partial charge on any atom is 0.0591 e. The predicted octanol–water partition coefficient (Wildman–Crippen LogP) is 1.98. The van der Waals surface area contributed by atoms with Crippen molar-refractivity contribution < 1.29 is 4.74 Å². The van der Waals surface area contributed by atoms with Gasteiger partial charge in [-0.3, -0.25) is 0 Å². The fourth-order valence-electron chi connectivity index (χ4n) is 1.56. The molecule has 0 rings (SSSR count). The summed E-state index contributed by atoms with van der Waals surface area (Å²) in [4.78, 5) is 2.46. The van der Waals surface area contributed by atoms with Crippen LogP contribution in [0, 0.1) is 5.92 Å². The molecule has 0 aliphatic heterocycles. The molecule has 16 heavy (non-hydrogen) atoms. The van der Waals surface area contributed by atoms with E-state index >= 15 is 0 Å². The van der Waals surface area contributed by atoms with Crippen LogP contribution in [0.5, 0.6) is 0 Å². The second-order valence-electron chi connectivity index (χ2n) is 4.60. The highest BCUT2D eigenvalue weighted by Gasteiger charge is 1.97. The van der Waals surface area contributed by atoms with Gasteiger partial charge in [0.25, 0.3) is 0 Å². The zero-order valence-corrected chi connectivity index (χ0v) is 11.6. The van der Waals surface area contributed by atoms with Crippen molar-refractivity contribution in [2.24, 2.45) is 5.92 Å². The van der Waals surface area contributed by atoms with Crippen LogP contribution < -0.4 is 5.32 Å². The molecule has 0 aromatic rings. The van der Waals surface area contributed by atoms with Crippen molar-refractivity contribution in [3.05, 3.63) is 0 Å². The van der Waals surface area contributed by atoms with E-state index in [0.717, 1.165) is 39.4 Å². The van der Waals surface area contributed by atoms with Crippen molar-refractivity contribution in [2.45, 2.75) is 34.1 Å². The first-order valence-corrected chi connectivity index (χ1v) is 6.71. The second-order valence-corrected chi connectivity index (χ2v) is 4.60. The molecule has 98 valence electrons. The zero-order chi connectivity index (χ0) is 12.2. The Hall–Kier alpha value is -0.120. The van der Waals surface area contributed by atoms with Gasteiger partial charge in [0.2, 0.25) is 0 Å². The molecule has 0 radical (unpaired) electrons. The van der Waals surface area contributed by atoms with Gasteiger partial charge >= 0.3 is 0 Å². The molecule has 3 heteroatoms. The Kier molecular flexibility index (Phi) is 11.3. The SMILES string of the molecule is CCN(CC)CCCNCCOCC(C)C. The largest absolute Gasteiger partial charge is 0.380 e. The molecule has 0 amide bonds. The summed E-state index contributed by atoms with van der Waals surface area (Å²) in [6.07, 6.45) is 1.23. The highest BCUT2D eigenvalue weighted by atomic mass is 16.5. The van der Waals surface area contributed by atoms with E-state index in [-0.39, 0.29) is 0 Å². The van der Waals surface area contributed by atoms with Crippen molar-refractivity contribution in [3.8, 4) is 0 Å². The standard InChI is InChI=1S/C13H30N2O/c1-5-15(6-2)10-7-8-14-9-11-16-12-13(3)4/h13-14H,5-12H2,1-4H3. The van der Waals surface area contributed by atoms with Crippen molar-refractivity contribution >= 4 is 0 Å². The van der Waals surface area contributed by atoms with Gasteiger partial charge in [-0.2, -0.15) is 0 Å². The van der Waals surface area contributed by atoms with Crippen LogP contribution >= 0.6 is 0 Å². The first-order valence-electron chi connectivity index (χ1n) is 6.71. The topological polar surface area (TPSA) is 24.5 Å². The Morgan fingerprint density at radius 2 is 1.81 bits per heavy atom. The Morgan fingerprint density at radius 3 is 2.38 bits per heavy atom. The summed E-state index contributed by atoms with van der Waals surface area (Å²) in [6, 6.07) is 0. The lowest BCUT2D eigenvalue weighted by Crippen LogP contribution is -2.28. The number of hydrogen-bond acceptors (Lipinski definition) is 3. The van der Waals surface area contributed by atoms with Crippen LogP contribution in [0.4, 0.5) is 0 Å². The van der Waals surface area contributed by atoms with E-state index in [4.69, 9.17) is 4.74 Å². The van der Waals surface area contributed by atoms with Crippen molar-refractivity contribution in [1.82, 2.24) is 10.2 Å². The van der Waals surface area contributed by atoms with Crippen LogP contribution in [0.1, 0.15) is 34.1 Å². The fourth-order valence-corrected chi connectivity index (χ4v) is 1.56. The fraction of sp³-hybridized carbons (Fsp3) is 1.00. The van der Waals surface area contributed by atoms with Crippen LogP contribution in [0.3, 0.4) is 0 Å². The van der Waals surface area contributed by atoms with E-state index in [1.54, 1.807) is 0 Å². The van der Waals surface area contributed by atoms with E-state index in [1.807, 2.05) is 0 Å². The summed E-state index contributed by atoms with van der Waals surface area (Å²) in [5.41, 5.74) is 0. The number of hydrogen-bond donors (Lipinski definition) is 1. The Labute approximate surface area is 102 Å². The van der Waals surface area contributed by atoms with Gasteiger partial charge in [0.1, 0.15) is 0 Å². The summed E-state index contributed by atoms with van der Waals surface area (Å²) in [5.74, 6) is 0.641. The lowest BCUT2D eigenvalue weighted by Gasteiger charge is -2.17. The lowest BCUT2D eigenvalue weighted by molar-refractivity contribution is 0.111. The minimum atomic E-state index is 0.641. The number of rotatable bonds is 11. The third kappa shape index (κ3) is 10.4. The van der Waals surface area contributed by atoms with Gasteiger partial charge in [-0.05, 0) is 38.5 Å². The highest BCUT2D eigenvalue weighted by molar-refractivity contribution is 4.54. The summed E-state index contributed by atoms with van der Waals surface area (Å²) >= 11 is 0. The van der Waals surface area contributed by atoms with Crippen molar-refractivity contribution in [1.29, 1.82) is 0 Å². The third-order valence-electron chi connectivity index (χ3n) is 2.60. The van der Waals surface area contributed by atoms with Gasteiger partial charge in [-0.25, -0.2) is 0 Å². The van der Waals surface area contributed by atoms with Gasteiger partial charge in [-0.15, -0.1) is 0 Å². The Bertz CT molecular complexity index is 136. The molecule has 0 aromatic heterocycles. The molecule has 0 atom stereocenters. The van der Waals surface area contributed by atoms with Crippen LogP contribution in [0.2, 0.25) is 0 Å². The molecule has 0 spiro atoms. The predicted molar refractivity (Wildman–Crippen MR) is 70.9 cm³/mol. The number of nitrogens with one attached hydrogen (secondary N) is 1. The van der Waals surface area contributed by atoms with Crippen LogP contribution in [-0.2, 0) is 4.74 Å². The zero-order valence-electron chi connectivity index (χ0n) is 11.6. The van der Waals surface area contributed by atoms with E-state index in [2.05, 4.69) is 37.9 Å². The quantitative estimate of drug-likeness (QED) is 0.549. The van der Waals surface area contributed by atoms with Crippen LogP contribution in [0.15, 0.2) is 0 Å². The molecule has 0 saturated carbocycles. The smallest absolute Gasteiger partial charge is 0.0591 e. The molecule has 0 saturated heterocycles. The molecule has 1 N–H and O–H groups in total. The molecule has 0 unspecified atom stereocenters. The third-order valence-corrected chi connectivity index (χ3v) is 2.60. The molecule has 0 aromatic carbocycles. The molecule has 0 aliphatic rings. The maximum atomic E-state index is 5.49. The minimum absolute atomic E-state index is 0.641. The van der Waals surface area contributed by atoms with Gasteiger partial charge in [0, 0.05) is 13.2 Å². The van der Waals surface area contributed by atoms with E-state index < -0.39 is 0 Å². The molecular formula is C13H30N2O. The van der Waals surface area contributed by atoms with E-state index in [1.165, 1.54) is 13.0 Å². The molecule has 0 fully saturated rings. The number of nitrogens with zero attached hydrogens (tertiary/aromatic N) is 1.